The van der Waals surface area contributed by atoms with E-state index >= 15 is 0 Å². The zero-order valence-corrected chi connectivity index (χ0v) is 10.8. The van der Waals surface area contributed by atoms with Gasteiger partial charge in [-0.3, -0.25) is 0 Å². The summed E-state index contributed by atoms with van der Waals surface area (Å²) in [6, 6.07) is 5.94. The van der Waals surface area contributed by atoms with Gasteiger partial charge in [0.15, 0.2) is 0 Å². The number of aliphatic carboxylic acids is 2. The number of carboxylic acid groups (broad SMARTS) is 3. The van der Waals surface area contributed by atoms with E-state index in [9.17, 15) is 14.4 Å². The minimum absolute atomic E-state index is 0.0159. The highest BCUT2D eigenvalue weighted by Gasteiger charge is 2.23. The van der Waals surface area contributed by atoms with Crippen LogP contribution in [0.5, 0.6) is 0 Å². The van der Waals surface area contributed by atoms with Crippen molar-refractivity contribution in [3.63, 3.8) is 0 Å². The summed E-state index contributed by atoms with van der Waals surface area (Å²) in [7, 11) is 0. The Hall–Kier alpha value is -2.89. The van der Waals surface area contributed by atoms with Crippen LogP contribution in [-0.4, -0.2) is 33.2 Å². The number of carboxylic acids is 3. The fourth-order valence-electron chi connectivity index (χ4n) is 2.18. The van der Waals surface area contributed by atoms with Gasteiger partial charge in [0.2, 0.25) is 0 Å². The van der Waals surface area contributed by atoms with Crippen LogP contribution in [0.2, 0.25) is 0 Å². The van der Waals surface area contributed by atoms with Crippen LogP contribution in [0.15, 0.2) is 47.6 Å². The molecule has 1 aromatic carbocycles. The van der Waals surface area contributed by atoms with Crippen molar-refractivity contribution in [3.8, 4) is 0 Å². The summed E-state index contributed by atoms with van der Waals surface area (Å²) in [6.07, 6.45) is 2.79. The lowest BCUT2D eigenvalue weighted by Gasteiger charge is -2.19. The molecule has 1 aliphatic carbocycles. The Bertz CT molecular complexity index is 666. The van der Waals surface area contributed by atoms with Crippen molar-refractivity contribution in [2.75, 3.05) is 0 Å². The zero-order chi connectivity index (χ0) is 15.6. The second kappa shape index (κ2) is 5.62. The van der Waals surface area contributed by atoms with Crippen molar-refractivity contribution < 1.29 is 29.7 Å². The van der Waals surface area contributed by atoms with Crippen LogP contribution >= 0.6 is 0 Å². The van der Waals surface area contributed by atoms with Gasteiger partial charge in [-0.15, -0.1) is 0 Å². The van der Waals surface area contributed by atoms with Gasteiger partial charge in [0.1, 0.15) is 0 Å². The van der Waals surface area contributed by atoms with Crippen LogP contribution in [0.1, 0.15) is 28.3 Å². The predicted molar refractivity (Wildman–Crippen MR) is 72.2 cm³/mol. The fourth-order valence-corrected chi connectivity index (χ4v) is 2.18. The van der Waals surface area contributed by atoms with Crippen molar-refractivity contribution in [1.82, 2.24) is 0 Å². The second-order valence-corrected chi connectivity index (χ2v) is 4.64. The molecule has 0 bridgehead atoms. The lowest BCUT2D eigenvalue weighted by Crippen LogP contribution is -2.14. The standard InChI is InChI=1S/C15H12O6/c16-13(17)9-3-1-8(2-4-9)10-5-11(14(18)19)7-12(6-10)15(20)21/h1-5,7,10H,6H2,(H,16,17)(H,18,19)(H,20,21). The molecular weight excluding hydrogens is 276 g/mol. The van der Waals surface area contributed by atoms with E-state index in [-0.39, 0.29) is 23.1 Å². The normalized spacial score (nSPS) is 17.6. The van der Waals surface area contributed by atoms with Crippen LogP contribution in [0.25, 0.3) is 0 Å². The van der Waals surface area contributed by atoms with E-state index in [0.717, 1.165) is 6.08 Å². The Morgan fingerprint density at radius 3 is 2.00 bits per heavy atom. The highest BCUT2D eigenvalue weighted by Crippen LogP contribution is 2.31. The third kappa shape index (κ3) is 3.17. The summed E-state index contributed by atoms with van der Waals surface area (Å²) >= 11 is 0. The lowest BCUT2D eigenvalue weighted by molar-refractivity contribution is -0.132. The Labute approximate surface area is 119 Å². The van der Waals surface area contributed by atoms with E-state index in [2.05, 4.69) is 0 Å². The smallest absolute Gasteiger partial charge is 0.335 e. The fraction of sp³-hybridized carbons (Fsp3) is 0.133. The first-order valence-corrected chi connectivity index (χ1v) is 6.10. The SMILES string of the molecule is O=C(O)C1=CC(c2ccc(C(=O)O)cc2)CC(C(=O)O)=C1. The second-order valence-electron chi connectivity index (χ2n) is 4.64. The zero-order valence-electron chi connectivity index (χ0n) is 10.8. The molecule has 0 aromatic heterocycles. The molecule has 0 spiro atoms. The van der Waals surface area contributed by atoms with Crippen LogP contribution in [0.4, 0.5) is 0 Å². The van der Waals surface area contributed by atoms with Gasteiger partial charge in [-0.05, 0) is 30.2 Å². The molecule has 0 aliphatic heterocycles. The van der Waals surface area contributed by atoms with Crippen molar-refractivity contribution >= 4 is 17.9 Å². The maximum Gasteiger partial charge on any atom is 0.335 e. The molecule has 6 heteroatoms. The third-order valence-electron chi connectivity index (χ3n) is 3.26. The molecular formula is C15H12O6. The predicted octanol–water partition coefficient (Wildman–Crippen LogP) is 1.89. The number of carbonyl (C=O) groups is 3. The van der Waals surface area contributed by atoms with Crippen molar-refractivity contribution in [1.29, 1.82) is 0 Å². The first-order valence-electron chi connectivity index (χ1n) is 6.10. The van der Waals surface area contributed by atoms with Crippen LogP contribution < -0.4 is 0 Å². The van der Waals surface area contributed by atoms with Gasteiger partial charge in [0.05, 0.1) is 11.1 Å². The largest absolute Gasteiger partial charge is 0.478 e. The third-order valence-corrected chi connectivity index (χ3v) is 3.26. The van der Waals surface area contributed by atoms with Gasteiger partial charge < -0.3 is 15.3 Å². The van der Waals surface area contributed by atoms with Gasteiger partial charge in [0, 0.05) is 11.5 Å². The molecule has 1 aromatic rings. The molecule has 3 N–H and O–H groups in total. The van der Waals surface area contributed by atoms with E-state index < -0.39 is 23.8 Å². The molecule has 0 saturated carbocycles. The molecule has 6 nitrogen and oxygen atoms in total. The summed E-state index contributed by atoms with van der Waals surface area (Å²) in [5, 5.41) is 26.9. The number of allylic oxidation sites excluding steroid dienone is 1. The molecule has 1 atom stereocenters. The summed E-state index contributed by atoms with van der Waals surface area (Å²) in [4.78, 5) is 32.9. The average molecular weight is 288 g/mol. The van der Waals surface area contributed by atoms with Crippen LogP contribution in [0.3, 0.4) is 0 Å². The van der Waals surface area contributed by atoms with Gasteiger partial charge in [-0.1, -0.05) is 18.2 Å². The molecule has 108 valence electrons. The molecule has 1 unspecified atom stereocenters. The molecule has 1 aliphatic rings. The molecule has 2 rings (SSSR count). The first kappa shape index (κ1) is 14.5. The number of rotatable bonds is 4. The van der Waals surface area contributed by atoms with Crippen LogP contribution in [-0.2, 0) is 9.59 Å². The summed E-state index contributed by atoms with van der Waals surface area (Å²) in [5.74, 6) is -3.82. The molecule has 0 heterocycles. The average Bonchev–Trinajstić information content (AvgIpc) is 2.46. The number of hydrogen-bond donors (Lipinski definition) is 3. The van der Waals surface area contributed by atoms with Gasteiger partial charge >= 0.3 is 17.9 Å². The van der Waals surface area contributed by atoms with Gasteiger partial charge in [0.25, 0.3) is 0 Å². The van der Waals surface area contributed by atoms with Crippen molar-refractivity contribution in [2.45, 2.75) is 12.3 Å². The number of benzene rings is 1. The highest BCUT2D eigenvalue weighted by atomic mass is 16.4. The summed E-state index contributed by atoms with van der Waals surface area (Å²) in [6.45, 7) is 0. The van der Waals surface area contributed by atoms with Gasteiger partial charge in [-0.25, -0.2) is 14.4 Å². The minimum atomic E-state index is -1.19. The molecule has 0 radical (unpaired) electrons. The first-order chi connectivity index (χ1) is 9.88. The summed E-state index contributed by atoms with van der Waals surface area (Å²) < 4.78 is 0. The van der Waals surface area contributed by atoms with Gasteiger partial charge in [-0.2, -0.15) is 0 Å². The number of hydrogen-bond acceptors (Lipinski definition) is 3. The quantitative estimate of drug-likeness (QED) is 0.780. The van der Waals surface area contributed by atoms with E-state index in [1.165, 1.54) is 18.2 Å². The van der Waals surface area contributed by atoms with Crippen molar-refractivity contribution in [2.24, 2.45) is 0 Å². The Kier molecular flexibility index (Phi) is 3.89. The topological polar surface area (TPSA) is 112 Å². The number of aromatic carboxylic acids is 1. The minimum Gasteiger partial charge on any atom is -0.478 e. The highest BCUT2D eigenvalue weighted by molar-refractivity contribution is 5.96. The maximum atomic E-state index is 11.1. The Balaban J connectivity index is 2.35. The van der Waals surface area contributed by atoms with E-state index in [0.29, 0.717) is 5.56 Å². The van der Waals surface area contributed by atoms with Crippen molar-refractivity contribution in [3.05, 3.63) is 58.7 Å². The Morgan fingerprint density at radius 1 is 0.905 bits per heavy atom. The van der Waals surface area contributed by atoms with E-state index in [4.69, 9.17) is 15.3 Å². The molecule has 0 amide bonds. The monoisotopic (exact) mass is 288 g/mol. The molecule has 0 saturated heterocycles. The lowest BCUT2D eigenvalue weighted by atomic mass is 9.85. The van der Waals surface area contributed by atoms with E-state index in [1.54, 1.807) is 12.1 Å². The summed E-state index contributed by atoms with van der Waals surface area (Å²) in [5.41, 5.74) is 0.727. The van der Waals surface area contributed by atoms with Crippen LogP contribution in [0, 0.1) is 0 Å². The molecule has 0 fully saturated rings. The Morgan fingerprint density at radius 2 is 1.52 bits per heavy atom. The molecule has 21 heavy (non-hydrogen) atoms. The van der Waals surface area contributed by atoms with E-state index in [1.807, 2.05) is 0 Å². The maximum absolute atomic E-state index is 11.1.